The van der Waals surface area contributed by atoms with E-state index in [2.05, 4.69) is 50.3 Å². The van der Waals surface area contributed by atoms with Gasteiger partial charge >= 0.3 is 0 Å². The van der Waals surface area contributed by atoms with Gasteiger partial charge in [-0.1, -0.05) is 13.8 Å². The lowest BCUT2D eigenvalue weighted by Gasteiger charge is -2.40. The van der Waals surface area contributed by atoms with E-state index in [1.54, 1.807) is 18.3 Å². The Labute approximate surface area is 232 Å². The van der Waals surface area contributed by atoms with Crippen LogP contribution in [0.4, 0.5) is 11.5 Å². The topological polar surface area (TPSA) is 117 Å². The summed E-state index contributed by atoms with van der Waals surface area (Å²) in [5, 5.41) is 6.59. The smallest absolute Gasteiger partial charge is 0.252 e. The molecule has 38 heavy (non-hydrogen) atoms. The molecule has 1 saturated carbocycles. The van der Waals surface area contributed by atoms with E-state index in [1.165, 1.54) is 0 Å². The third-order valence-electron chi connectivity index (χ3n) is 8.31. The second-order valence-electron chi connectivity index (χ2n) is 11.4. The zero-order chi connectivity index (χ0) is 27.1. The number of piperidine rings is 1. The number of Topliss-reactive ketones (excluding diaryl/α,β-unsaturated/α-hetero) is 1. The predicted octanol–water partition coefficient (Wildman–Crippen LogP) is 4.92. The number of fused-ring (bicyclic) bond motifs is 2. The molecule has 2 saturated heterocycles. The molecule has 5 rings (SSSR count). The van der Waals surface area contributed by atoms with E-state index in [0.29, 0.717) is 44.9 Å². The molecule has 1 aliphatic carbocycles. The molecule has 3 aliphatic rings. The summed E-state index contributed by atoms with van der Waals surface area (Å²) in [7, 11) is 0. The first-order valence-electron chi connectivity index (χ1n) is 13.6. The molecule has 8 nitrogen and oxygen atoms in total. The summed E-state index contributed by atoms with van der Waals surface area (Å²) >= 11 is 3.48. The molecule has 2 bridgehead atoms. The number of anilines is 2. The molecular formula is C29H36BrN5O3. The first kappa shape index (κ1) is 26.7. The maximum absolute atomic E-state index is 13.4. The Kier molecular flexibility index (Phi) is 7.49. The van der Waals surface area contributed by atoms with Crippen LogP contribution in [0.15, 0.2) is 34.9 Å². The van der Waals surface area contributed by atoms with Crippen molar-refractivity contribution >= 4 is 45.0 Å². The van der Waals surface area contributed by atoms with Crippen molar-refractivity contribution < 1.29 is 14.4 Å². The summed E-state index contributed by atoms with van der Waals surface area (Å²) in [6.45, 7) is 6.22. The summed E-state index contributed by atoms with van der Waals surface area (Å²) in [5.74, 6) is 0.929. The van der Waals surface area contributed by atoms with Gasteiger partial charge in [0.05, 0.1) is 11.1 Å². The SMILES string of the molecule is CC(C)[C@H](C)Nc1cc(C(=O)NC2CC3CCC(C2)N3c2ccc(C(=O)C3CC3)cn2)c(Br)cc1C(N)=O. The Morgan fingerprint density at radius 1 is 1.03 bits per heavy atom. The number of halogens is 1. The molecule has 4 N–H and O–H groups in total. The molecule has 1 aromatic carbocycles. The number of amides is 2. The largest absolute Gasteiger partial charge is 0.382 e. The quantitative estimate of drug-likeness (QED) is 0.362. The lowest BCUT2D eigenvalue weighted by atomic mass is 9.96. The van der Waals surface area contributed by atoms with Crippen molar-refractivity contribution in [1.29, 1.82) is 0 Å². The van der Waals surface area contributed by atoms with Gasteiger partial charge in [0, 0.05) is 52.0 Å². The van der Waals surface area contributed by atoms with Crippen LogP contribution in [0.3, 0.4) is 0 Å². The monoisotopic (exact) mass is 581 g/mol. The van der Waals surface area contributed by atoms with Gasteiger partial charge in [0.15, 0.2) is 5.78 Å². The second kappa shape index (κ2) is 10.7. The van der Waals surface area contributed by atoms with Gasteiger partial charge in [0.25, 0.3) is 11.8 Å². The fourth-order valence-corrected chi connectivity index (χ4v) is 6.20. The molecule has 3 fully saturated rings. The van der Waals surface area contributed by atoms with Crippen LogP contribution in [0.1, 0.15) is 90.4 Å². The lowest BCUT2D eigenvalue weighted by molar-refractivity contribution is 0.0923. The van der Waals surface area contributed by atoms with Gasteiger partial charge in [0.1, 0.15) is 5.82 Å². The normalized spacial score (nSPS) is 23.3. The van der Waals surface area contributed by atoms with Crippen molar-refractivity contribution in [3.8, 4) is 0 Å². The van der Waals surface area contributed by atoms with Gasteiger partial charge in [-0.2, -0.15) is 0 Å². The number of hydrogen-bond acceptors (Lipinski definition) is 6. The summed E-state index contributed by atoms with van der Waals surface area (Å²) in [6, 6.07) is 7.96. The average Bonchev–Trinajstić information content (AvgIpc) is 3.69. The van der Waals surface area contributed by atoms with Gasteiger partial charge in [-0.3, -0.25) is 14.4 Å². The highest BCUT2D eigenvalue weighted by atomic mass is 79.9. The van der Waals surface area contributed by atoms with Crippen LogP contribution in [-0.2, 0) is 0 Å². The number of nitrogens with two attached hydrogens (primary N) is 1. The van der Waals surface area contributed by atoms with Crippen LogP contribution >= 0.6 is 15.9 Å². The summed E-state index contributed by atoms with van der Waals surface area (Å²) in [6.07, 6.45) is 7.48. The zero-order valence-corrected chi connectivity index (χ0v) is 23.8. The van der Waals surface area contributed by atoms with Crippen LogP contribution in [-0.4, -0.2) is 46.7 Å². The molecule has 1 aromatic heterocycles. The highest BCUT2D eigenvalue weighted by Gasteiger charge is 2.42. The third-order valence-corrected chi connectivity index (χ3v) is 8.97. The minimum absolute atomic E-state index is 0.0423. The minimum atomic E-state index is -0.543. The van der Waals surface area contributed by atoms with Crippen LogP contribution < -0.4 is 21.3 Å². The van der Waals surface area contributed by atoms with Gasteiger partial charge in [0.2, 0.25) is 0 Å². The molecule has 9 heteroatoms. The first-order chi connectivity index (χ1) is 18.1. The highest BCUT2D eigenvalue weighted by molar-refractivity contribution is 9.10. The Balaban J connectivity index is 1.27. The van der Waals surface area contributed by atoms with E-state index in [4.69, 9.17) is 5.73 Å². The van der Waals surface area contributed by atoms with E-state index in [-0.39, 0.29) is 29.7 Å². The standard InChI is InChI=1S/C29H36BrN5O3/c1-15(2)16(3)33-25-13-22(24(30)12-23(25)28(31)37)29(38)34-19-10-20-7-8-21(11-19)35(20)26-9-6-18(14-32-26)27(36)17-4-5-17/h6,9,12-17,19-21,33H,4-5,7-8,10-11H2,1-3H3,(H2,31,37)(H,34,38)/t16-,19?,20?,21?/m0/s1. The van der Waals surface area contributed by atoms with Gasteiger partial charge in [-0.05, 0) is 91.6 Å². The highest BCUT2D eigenvalue weighted by Crippen LogP contribution is 2.39. The number of aromatic nitrogens is 1. The number of primary amides is 1. The number of benzene rings is 1. The second-order valence-corrected chi connectivity index (χ2v) is 12.3. The first-order valence-corrected chi connectivity index (χ1v) is 14.4. The minimum Gasteiger partial charge on any atom is -0.382 e. The van der Waals surface area contributed by atoms with Crippen LogP contribution in [0.25, 0.3) is 0 Å². The van der Waals surface area contributed by atoms with Crippen LogP contribution in [0.2, 0.25) is 0 Å². The third kappa shape index (κ3) is 5.44. The molecular weight excluding hydrogens is 546 g/mol. The summed E-state index contributed by atoms with van der Waals surface area (Å²) in [5.41, 5.74) is 7.72. The number of carbonyl (C=O) groups is 3. The van der Waals surface area contributed by atoms with Crippen molar-refractivity contribution in [3.05, 3.63) is 51.6 Å². The van der Waals surface area contributed by atoms with Crippen molar-refractivity contribution in [1.82, 2.24) is 10.3 Å². The van der Waals surface area contributed by atoms with E-state index in [0.717, 1.165) is 44.3 Å². The van der Waals surface area contributed by atoms with Crippen molar-refractivity contribution in [3.63, 3.8) is 0 Å². The van der Waals surface area contributed by atoms with Crippen LogP contribution in [0, 0.1) is 11.8 Å². The van der Waals surface area contributed by atoms with Crippen LogP contribution in [0.5, 0.6) is 0 Å². The Hall–Kier alpha value is -2.94. The van der Waals surface area contributed by atoms with E-state index in [9.17, 15) is 14.4 Å². The predicted molar refractivity (Wildman–Crippen MR) is 152 cm³/mol. The van der Waals surface area contributed by atoms with E-state index >= 15 is 0 Å². The Bertz CT molecular complexity index is 1230. The number of carbonyl (C=O) groups excluding carboxylic acids is 3. The summed E-state index contributed by atoms with van der Waals surface area (Å²) in [4.78, 5) is 44.8. The molecule has 3 atom stereocenters. The number of nitrogens with one attached hydrogen (secondary N) is 2. The Morgan fingerprint density at radius 3 is 2.26 bits per heavy atom. The summed E-state index contributed by atoms with van der Waals surface area (Å²) < 4.78 is 0.539. The lowest BCUT2D eigenvalue weighted by Crippen LogP contribution is -2.50. The van der Waals surface area contributed by atoms with Gasteiger partial charge in [-0.25, -0.2) is 4.98 Å². The molecule has 2 aliphatic heterocycles. The fourth-order valence-electron chi connectivity index (χ4n) is 5.68. The molecule has 3 heterocycles. The average molecular weight is 583 g/mol. The molecule has 2 amide bonds. The Morgan fingerprint density at radius 2 is 1.71 bits per heavy atom. The van der Waals surface area contributed by atoms with Crippen molar-refractivity contribution in [2.24, 2.45) is 17.6 Å². The van der Waals surface area contributed by atoms with Gasteiger partial charge in [-0.15, -0.1) is 0 Å². The molecule has 202 valence electrons. The fraction of sp³-hybridized carbons (Fsp3) is 0.517. The molecule has 0 radical (unpaired) electrons. The molecule has 2 unspecified atom stereocenters. The number of rotatable bonds is 9. The maximum Gasteiger partial charge on any atom is 0.252 e. The van der Waals surface area contributed by atoms with Crippen molar-refractivity contribution in [2.75, 3.05) is 10.2 Å². The number of hydrogen-bond donors (Lipinski definition) is 3. The number of ketones is 1. The van der Waals surface area contributed by atoms with E-state index in [1.807, 2.05) is 19.1 Å². The molecule has 2 aromatic rings. The zero-order valence-electron chi connectivity index (χ0n) is 22.2. The number of pyridine rings is 1. The van der Waals surface area contributed by atoms with Crippen molar-refractivity contribution in [2.45, 2.75) is 83.5 Å². The van der Waals surface area contributed by atoms with Gasteiger partial charge < -0.3 is 21.3 Å². The number of nitrogens with zero attached hydrogens (tertiary/aromatic N) is 2. The molecule has 0 spiro atoms. The van der Waals surface area contributed by atoms with E-state index < -0.39 is 5.91 Å². The maximum atomic E-state index is 13.4.